The van der Waals surface area contributed by atoms with Crippen LogP contribution in [0.5, 0.6) is 11.5 Å². The van der Waals surface area contributed by atoms with Crippen LogP contribution in [0.4, 0.5) is 0 Å². The average Bonchev–Trinajstić information content (AvgIpc) is 2.60. The van der Waals surface area contributed by atoms with Gasteiger partial charge in [0.1, 0.15) is 13.2 Å². The number of amides is 1. The van der Waals surface area contributed by atoms with E-state index in [2.05, 4.69) is 26.1 Å². The van der Waals surface area contributed by atoms with Gasteiger partial charge in [-0.3, -0.25) is 4.79 Å². The molecule has 0 fully saturated rings. The van der Waals surface area contributed by atoms with Crippen LogP contribution in [-0.4, -0.2) is 19.1 Å². The highest BCUT2D eigenvalue weighted by atomic mass is 16.6. The smallest absolute Gasteiger partial charge is 0.251 e. The van der Waals surface area contributed by atoms with Gasteiger partial charge in [0.25, 0.3) is 5.91 Å². The van der Waals surface area contributed by atoms with Crippen molar-refractivity contribution in [3.8, 4) is 11.5 Å². The van der Waals surface area contributed by atoms with E-state index >= 15 is 0 Å². The standard InChI is InChI=1S/C21H25NO3/c1-14(16-7-10-18-19(13-16)25-12-11-24-18)22-20(23)15-5-8-17(9-6-15)21(2,3)4/h5-10,13-14H,11-12H2,1-4H3,(H,22,23)/t14-/m1/s1. The van der Waals surface area contributed by atoms with Gasteiger partial charge in [-0.05, 0) is 47.7 Å². The Morgan fingerprint density at radius 2 is 1.64 bits per heavy atom. The maximum atomic E-state index is 12.5. The quantitative estimate of drug-likeness (QED) is 0.909. The second-order valence-electron chi connectivity index (χ2n) is 7.43. The summed E-state index contributed by atoms with van der Waals surface area (Å²) in [6.45, 7) is 9.57. The second kappa shape index (κ2) is 6.79. The van der Waals surface area contributed by atoms with Crippen LogP contribution in [0.25, 0.3) is 0 Å². The Labute approximate surface area is 149 Å². The van der Waals surface area contributed by atoms with Gasteiger partial charge in [-0.2, -0.15) is 0 Å². The molecule has 2 aromatic rings. The van der Waals surface area contributed by atoms with E-state index in [9.17, 15) is 4.79 Å². The molecule has 1 aliphatic heterocycles. The molecule has 0 spiro atoms. The number of ether oxygens (including phenoxy) is 2. The van der Waals surface area contributed by atoms with E-state index in [1.54, 1.807) is 0 Å². The zero-order valence-electron chi connectivity index (χ0n) is 15.3. The Bertz CT molecular complexity index is 760. The number of carbonyl (C=O) groups is 1. The minimum absolute atomic E-state index is 0.0769. The molecule has 0 saturated carbocycles. The molecule has 1 N–H and O–H groups in total. The van der Waals surface area contributed by atoms with Gasteiger partial charge in [0.05, 0.1) is 6.04 Å². The van der Waals surface area contributed by atoms with Crippen LogP contribution in [0.3, 0.4) is 0 Å². The monoisotopic (exact) mass is 339 g/mol. The SMILES string of the molecule is C[C@@H](NC(=O)c1ccc(C(C)(C)C)cc1)c1ccc2c(c1)OCCO2. The Morgan fingerprint density at radius 1 is 1.00 bits per heavy atom. The summed E-state index contributed by atoms with van der Waals surface area (Å²) in [5, 5.41) is 3.04. The van der Waals surface area contributed by atoms with Gasteiger partial charge in [0, 0.05) is 5.56 Å². The highest BCUT2D eigenvalue weighted by Gasteiger charge is 2.17. The number of fused-ring (bicyclic) bond motifs is 1. The third-order valence-corrected chi connectivity index (χ3v) is 4.43. The first kappa shape index (κ1) is 17.3. The molecule has 132 valence electrons. The molecule has 4 heteroatoms. The predicted octanol–water partition coefficient (Wildman–Crippen LogP) is 4.25. The molecule has 0 aromatic heterocycles. The van der Waals surface area contributed by atoms with E-state index in [-0.39, 0.29) is 17.4 Å². The van der Waals surface area contributed by atoms with Crippen molar-refractivity contribution in [1.82, 2.24) is 5.32 Å². The lowest BCUT2D eigenvalue weighted by atomic mass is 9.86. The lowest BCUT2D eigenvalue weighted by molar-refractivity contribution is 0.0939. The van der Waals surface area contributed by atoms with Gasteiger partial charge in [-0.1, -0.05) is 39.0 Å². The number of hydrogen-bond acceptors (Lipinski definition) is 3. The number of rotatable bonds is 3. The molecule has 2 aromatic carbocycles. The van der Waals surface area contributed by atoms with Crippen molar-refractivity contribution in [2.75, 3.05) is 13.2 Å². The third-order valence-electron chi connectivity index (χ3n) is 4.43. The molecule has 0 bridgehead atoms. The van der Waals surface area contributed by atoms with E-state index in [4.69, 9.17) is 9.47 Å². The predicted molar refractivity (Wildman–Crippen MR) is 98.5 cm³/mol. The molecule has 25 heavy (non-hydrogen) atoms. The van der Waals surface area contributed by atoms with E-state index < -0.39 is 0 Å². The fraction of sp³-hybridized carbons (Fsp3) is 0.381. The number of benzene rings is 2. The van der Waals surface area contributed by atoms with Gasteiger partial charge in [0.15, 0.2) is 11.5 Å². The third kappa shape index (κ3) is 3.95. The Morgan fingerprint density at radius 3 is 2.28 bits per heavy atom. The molecule has 0 saturated heterocycles. The molecule has 4 nitrogen and oxygen atoms in total. The maximum Gasteiger partial charge on any atom is 0.251 e. The lowest BCUT2D eigenvalue weighted by Gasteiger charge is -2.21. The highest BCUT2D eigenvalue weighted by Crippen LogP contribution is 2.32. The van der Waals surface area contributed by atoms with Crippen molar-refractivity contribution in [2.24, 2.45) is 0 Å². The van der Waals surface area contributed by atoms with Crippen LogP contribution in [0.2, 0.25) is 0 Å². The normalized spacial score (nSPS) is 14.7. The molecule has 0 aliphatic carbocycles. The Balaban J connectivity index is 1.70. The van der Waals surface area contributed by atoms with Crippen molar-refractivity contribution in [2.45, 2.75) is 39.2 Å². The first-order chi connectivity index (χ1) is 11.8. The summed E-state index contributed by atoms with van der Waals surface area (Å²) >= 11 is 0. The van der Waals surface area contributed by atoms with Gasteiger partial charge in [-0.25, -0.2) is 0 Å². The summed E-state index contributed by atoms with van der Waals surface area (Å²) in [7, 11) is 0. The Kier molecular flexibility index (Phi) is 4.71. The summed E-state index contributed by atoms with van der Waals surface area (Å²) in [4.78, 5) is 12.5. The van der Waals surface area contributed by atoms with Gasteiger partial charge in [-0.15, -0.1) is 0 Å². The number of nitrogens with one attached hydrogen (secondary N) is 1. The number of carbonyl (C=O) groups excluding carboxylic acids is 1. The molecular weight excluding hydrogens is 314 g/mol. The van der Waals surface area contributed by atoms with Crippen molar-refractivity contribution in [3.05, 3.63) is 59.2 Å². The number of hydrogen-bond donors (Lipinski definition) is 1. The molecule has 1 aliphatic rings. The lowest BCUT2D eigenvalue weighted by Crippen LogP contribution is -2.27. The van der Waals surface area contributed by atoms with E-state index in [0.29, 0.717) is 18.8 Å². The van der Waals surface area contributed by atoms with Gasteiger partial charge >= 0.3 is 0 Å². The maximum absolute atomic E-state index is 12.5. The van der Waals surface area contributed by atoms with E-state index in [1.165, 1.54) is 5.56 Å². The Hall–Kier alpha value is -2.49. The van der Waals surface area contributed by atoms with E-state index in [0.717, 1.165) is 17.1 Å². The average molecular weight is 339 g/mol. The molecule has 3 rings (SSSR count). The molecule has 1 amide bonds. The van der Waals surface area contributed by atoms with Crippen LogP contribution in [0, 0.1) is 0 Å². The van der Waals surface area contributed by atoms with E-state index in [1.807, 2.05) is 49.4 Å². The zero-order chi connectivity index (χ0) is 18.0. The molecule has 1 atom stereocenters. The minimum Gasteiger partial charge on any atom is -0.486 e. The summed E-state index contributed by atoms with van der Waals surface area (Å²) in [5.41, 5.74) is 2.94. The van der Waals surface area contributed by atoms with Gasteiger partial charge < -0.3 is 14.8 Å². The highest BCUT2D eigenvalue weighted by molar-refractivity contribution is 5.94. The van der Waals surface area contributed by atoms with Crippen LogP contribution in [-0.2, 0) is 5.41 Å². The minimum atomic E-state index is -0.120. The molecular formula is C21H25NO3. The van der Waals surface area contributed by atoms with Gasteiger partial charge in [0.2, 0.25) is 0 Å². The van der Waals surface area contributed by atoms with Crippen LogP contribution in [0.15, 0.2) is 42.5 Å². The largest absolute Gasteiger partial charge is 0.486 e. The summed E-state index contributed by atoms with van der Waals surface area (Å²) in [5.74, 6) is 1.41. The van der Waals surface area contributed by atoms with Crippen LogP contribution < -0.4 is 14.8 Å². The molecule has 0 radical (unpaired) electrons. The van der Waals surface area contributed by atoms with Crippen molar-refractivity contribution in [3.63, 3.8) is 0 Å². The van der Waals surface area contributed by atoms with Crippen molar-refractivity contribution < 1.29 is 14.3 Å². The summed E-state index contributed by atoms with van der Waals surface area (Å²) in [6.07, 6.45) is 0. The topological polar surface area (TPSA) is 47.6 Å². The first-order valence-electron chi connectivity index (χ1n) is 8.65. The fourth-order valence-electron chi connectivity index (χ4n) is 2.81. The van der Waals surface area contributed by atoms with Crippen molar-refractivity contribution in [1.29, 1.82) is 0 Å². The molecule has 0 unspecified atom stereocenters. The van der Waals surface area contributed by atoms with Crippen molar-refractivity contribution >= 4 is 5.91 Å². The fourth-order valence-corrected chi connectivity index (χ4v) is 2.81. The summed E-state index contributed by atoms with van der Waals surface area (Å²) < 4.78 is 11.1. The summed E-state index contributed by atoms with van der Waals surface area (Å²) in [6, 6.07) is 13.5. The molecule has 1 heterocycles. The second-order valence-corrected chi connectivity index (χ2v) is 7.43. The van der Waals surface area contributed by atoms with Crippen LogP contribution >= 0.6 is 0 Å². The first-order valence-corrected chi connectivity index (χ1v) is 8.65. The zero-order valence-corrected chi connectivity index (χ0v) is 15.3. The van der Waals surface area contributed by atoms with Crippen LogP contribution in [0.1, 0.15) is 55.2 Å².